The van der Waals surface area contributed by atoms with E-state index in [0.29, 0.717) is 10.6 Å². The third-order valence-electron chi connectivity index (χ3n) is 3.15. The van der Waals surface area contributed by atoms with Crippen LogP contribution in [0.15, 0.2) is 17.1 Å². The molecule has 0 aliphatic heterocycles. The van der Waals surface area contributed by atoms with Gasteiger partial charge in [-0.05, 0) is 37.8 Å². The lowest BCUT2D eigenvalue weighted by atomic mass is 9.93. The van der Waals surface area contributed by atoms with Crippen LogP contribution in [0.1, 0.15) is 31.2 Å². The van der Waals surface area contributed by atoms with Crippen LogP contribution in [-0.2, 0) is 0 Å². The van der Waals surface area contributed by atoms with E-state index in [4.69, 9.17) is 23.2 Å². The molecule has 0 unspecified atom stereocenters. The number of aliphatic hydroxyl groups is 1. The van der Waals surface area contributed by atoms with Gasteiger partial charge in [-0.2, -0.15) is 0 Å². The molecule has 0 saturated heterocycles. The maximum Gasteiger partial charge on any atom is 0.143 e. The summed E-state index contributed by atoms with van der Waals surface area (Å²) in [5.41, 5.74) is 0.527. The summed E-state index contributed by atoms with van der Waals surface area (Å²) < 4.78 is 0. The quantitative estimate of drug-likeness (QED) is 0.819. The van der Waals surface area contributed by atoms with Crippen LogP contribution in [0.2, 0.25) is 10.0 Å². The number of benzene rings is 1. The van der Waals surface area contributed by atoms with E-state index in [1.54, 1.807) is 12.3 Å². The molecular weight excluding hydrogens is 273 g/mol. The molecule has 1 aromatic rings. The summed E-state index contributed by atoms with van der Waals surface area (Å²) in [6.45, 7) is 0. The Morgan fingerprint density at radius 2 is 1.83 bits per heavy atom. The number of rotatable bonds is 2. The van der Waals surface area contributed by atoms with Gasteiger partial charge in [-0.15, -0.1) is 0 Å². The minimum absolute atomic E-state index is 0.000612. The number of aliphatic imine (C=N–C) groups is 1. The normalized spacial score (nSPS) is 24.6. The van der Waals surface area contributed by atoms with Gasteiger partial charge in [0.1, 0.15) is 5.75 Å². The van der Waals surface area contributed by atoms with Gasteiger partial charge in [0.05, 0.1) is 17.2 Å². The van der Waals surface area contributed by atoms with E-state index < -0.39 is 0 Å². The number of phenols is 1. The summed E-state index contributed by atoms with van der Waals surface area (Å²) >= 11 is 11.7. The SMILES string of the molecule is Oc1c(Cl)cc(Cl)cc1C=NC1CCC(O)CC1. The first-order chi connectivity index (χ1) is 8.56. The highest BCUT2D eigenvalue weighted by atomic mass is 35.5. The number of hydrogen-bond donors (Lipinski definition) is 2. The minimum Gasteiger partial charge on any atom is -0.506 e. The van der Waals surface area contributed by atoms with Gasteiger partial charge < -0.3 is 10.2 Å². The molecule has 0 spiro atoms. The first-order valence-corrected chi connectivity index (χ1v) is 6.71. The van der Waals surface area contributed by atoms with Gasteiger partial charge in [-0.1, -0.05) is 23.2 Å². The second-order valence-corrected chi connectivity index (χ2v) is 5.41. The molecule has 2 N–H and O–H groups in total. The number of aliphatic hydroxyl groups excluding tert-OH is 1. The Kier molecular flexibility index (Phi) is 4.49. The lowest BCUT2D eigenvalue weighted by Crippen LogP contribution is -2.20. The summed E-state index contributed by atoms with van der Waals surface area (Å²) in [6, 6.07) is 3.32. The van der Waals surface area contributed by atoms with Crippen molar-refractivity contribution in [1.82, 2.24) is 0 Å². The minimum atomic E-state index is -0.189. The lowest BCUT2D eigenvalue weighted by molar-refractivity contribution is 0.123. The fourth-order valence-electron chi connectivity index (χ4n) is 2.08. The Bertz CT molecular complexity index is 455. The summed E-state index contributed by atoms with van der Waals surface area (Å²) in [7, 11) is 0. The van der Waals surface area contributed by atoms with Crippen LogP contribution < -0.4 is 0 Å². The lowest BCUT2D eigenvalue weighted by Gasteiger charge is -2.22. The van der Waals surface area contributed by atoms with Crippen molar-refractivity contribution < 1.29 is 10.2 Å². The maximum absolute atomic E-state index is 9.77. The van der Waals surface area contributed by atoms with E-state index in [2.05, 4.69) is 4.99 Å². The Balaban J connectivity index is 2.09. The Morgan fingerprint density at radius 3 is 2.50 bits per heavy atom. The van der Waals surface area contributed by atoms with Gasteiger partial charge in [-0.3, -0.25) is 4.99 Å². The van der Waals surface area contributed by atoms with Crippen LogP contribution in [0.4, 0.5) is 0 Å². The van der Waals surface area contributed by atoms with Crippen LogP contribution in [0.5, 0.6) is 5.75 Å². The molecule has 0 radical (unpaired) electrons. The highest BCUT2D eigenvalue weighted by Gasteiger charge is 2.18. The van der Waals surface area contributed by atoms with Crippen molar-refractivity contribution in [3.05, 3.63) is 27.7 Å². The van der Waals surface area contributed by atoms with E-state index in [9.17, 15) is 10.2 Å². The fraction of sp³-hybridized carbons (Fsp3) is 0.462. The second-order valence-electron chi connectivity index (χ2n) is 4.57. The van der Waals surface area contributed by atoms with Crippen molar-refractivity contribution in [2.24, 2.45) is 4.99 Å². The predicted octanol–water partition coefficient (Wildman–Crippen LogP) is 3.42. The molecule has 98 valence electrons. The maximum atomic E-state index is 9.77. The molecule has 0 atom stereocenters. The molecule has 5 heteroatoms. The van der Waals surface area contributed by atoms with Crippen LogP contribution in [0.25, 0.3) is 0 Å². The molecule has 1 saturated carbocycles. The molecule has 1 fully saturated rings. The molecular formula is C13H15Cl2NO2. The van der Waals surface area contributed by atoms with Crippen molar-refractivity contribution in [1.29, 1.82) is 0 Å². The predicted molar refractivity (Wildman–Crippen MR) is 74.0 cm³/mol. The summed E-state index contributed by atoms with van der Waals surface area (Å²) in [6.07, 6.45) is 4.72. The standard InChI is InChI=1S/C13H15Cl2NO2/c14-9-5-8(13(18)12(15)6-9)7-16-10-1-3-11(17)4-2-10/h5-7,10-11,17-18H,1-4H2. The number of halogens is 2. The Labute approximate surface area is 116 Å². The average molecular weight is 288 g/mol. The number of nitrogens with zero attached hydrogens (tertiary/aromatic N) is 1. The van der Waals surface area contributed by atoms with Crippen molar-refractivity contribution in [2.45, 2.75) is 37.8 Å². The van der Waals surface area contributed by atoms with Crippen molar-refractivity contribution in [2.75, 3.05) is 0 Å². The van der Waals surface area contributed by atoms with Gasteiger partial charge >= 0.3 is 0 Å². The fourth-order valence-corrected chi connectivity index (χ4v) is 2.59. The largest absolute Gasteiger partial charge is 0.506 e. The second kappa shape index (κ2) is 5.91. The molecule has 1 aromatic carbocycles. The third kappa shape index (κ3) is 3.37. The zero-order valence-corrected chi connectivity index (χ0v) is 11.3. The van der Waals surface area contributed by atoms with E-state index in [0.717, 1.165) is 25.7 Å². The monoisotopic (exact) mass is 287 g/mol. The van der Waals surface area contributed by atoms with E-state index in [1.165, 1.54) is 6.07 Å². The van der Waals surface area contributed by atoms with Gasteiger partial charge in [0.2, 0.25) is 0 Å². The Morgan fingerprint density at radius 1 is 1.17 bits per heavy atom. The topological polar surface area (TPSA) is 52.8 Å². The number of phenolic OH excluding ortho intramolecular Hbond substituents is 1. The van der Waals surface area contributed by atoms with Gasteiger partial charge in [0.15, 0.2) is 0 Å². The first kappa shape index (κ1) is 13.7. The first-order valence-electron chi connectivity index (χ1n) is 5.95. The highest BCUT2D eigenvalue weighted by molar-refractivity contribution is 6.36. The molecule has 0 heterocycles. The van der Waals surface area contributed by atoms with Crippen LogP contribution in [-0.4, -0.2) is 28.6 Å². The summed E-state index contributed by atoms with van der Waals surface area (Å²) in [4.78, 5) is 4.42. The van der Waals surface area contributed by atoms with E-state index in [-0.39, 0.29) is 22.9 Å². The molecule has 1 aliphatic rings. The van der Waals surface area contributed by atoms with Crippen molar-refractivity contribution in [3.8, 4) is 5.75 Å². The van der Waals surface area contributed by atoms with E-state index >= 15 is 0 Å². The molecule has 18 heavy (non-hydrogen) atoms. The molecule has 1 aliphatic carbocycles. The third-order valence-corrected chi connectivity index (χ3v) is 3.65. The molecule has 0 amide bonds. The number of hydrogen-bond acceptors (Lipinski definition) is 3. The van der Waals surface area contributed by atoms with Crippen LogP contribution >= 0.6 is 23.2 Å². The highest BCUT2D eigenvalue weighted by Crippen LogP contribution is 2.30. The van der Waals surface area contributed by atoms with Crippen LogP contribution in [0.3, 0.4) is 0 Å². The van der Waals surface area contributed by atoms with Crippen LogP contribution in [0, 0.1) is 0 Å². The smallest absolute Gasteiger partial charge is 0.143 e. The summed E-state index contributed by atoms with van der Waals surface area (Å²) in [5.74, 6) is 0.000612. The zero-order valence-electron chi connectivity index (χ0n) is 9.81. The molecule has 0 aromatic heterocycles. The molecule has 0 bridgehead atoms. The summed E-state index contributed by atoms with van der Waals surface area (Å²) in [5, 5.41) is 19.9. The van der Waals surface area contributed by atoms with Gasteiger partial charge in [0.25, 0.3) is 0 Å². The number of aromatic hydroxyl groups is 1. The average Bonchev–Trinajstić information content (AvgIpc) is 2.34. The van der Waals surface area contributed by atoms with Crippen molar-refractivity contribution in [3.63, 3.8) is 0 Å². The van der Waals surface area contributed by atoms with E-state index in [1.807, 2.05) is 0 Å². The zero-order chi connectivity index (χ0) is 13.1. The van der Waals surface area contributed by atoms with Gasteiger partial charge in [0, 0.05) is 16.8 Å². The Hall–Kier alpha value is -0.770. The molecule has 2 rings (SSSR count). The van der Waals surface area contributed by atoms with Gasteiger partial charge in [-0.25, -0.2) is 0 Å². The molecule has 3 nitrogen and oxygen atoms in total. The van der Waals surface area contributed by atoms with Crippen molar-refractivity contribution >= 4 is 29.4 Å².